The molecule has 24 heavy (non-hydrogen) atoms. The molecule has 0 aliphatic carbocycles. The van der Waals surface area contributed by atoms with E-state index in [0.717, 1.165) is 27.6 Å². The summed E-state index contributed by atoms with van der Waals surface area (Å²) in [5.41, 5.74) is 3.67. The molecule has 0 bridgehead atoms. The second kappa shape index (κ2) is 6.05. The van der Waals surface area contributed by atoms with E-state index in [1.165, 1.54) is 4.88 Å². The van der Waals surface area contributed by atoms with Crippen LogP contribution in [0.4, 0.5) is 0 Å². The molecule has 3 aromatic rings. The molecule has 6 nitrogen and oxygen atoms in total. The molecule has 0 aromatic carbocycles. The Morgan fingerprint density at radius 2 is 2.04 bits per heavy atom. The quantitative estimate of drug-likeness (QED) is 0.726. The lowest BCUT2D eigenvalue weighted by atomic mass is 9.98. The highest BCUT2D eigenvalue weighted by Gasteiger charge is 2.26. The number of aromatic nitrogens is 3. The summed E-state index contributed by atoms with van der Waals surface area (Å²) in [4.78, 5) is 21.4. The Labute approximate surface area is 145 Å². The standard InChI is InChI=1S/C17H22N4O2S/c1-9-7-21-14(11(3)18-17(21)24-9)8-20(6)16(22)10(2)15-12(4)19-23-13(15)5/h7,10H,8H2,1-6H3. The van der Waals surface area contributed by atoms with Gasteiger partial charge in [0.15, 0.2) is 4.96 Å². The molecule has 1 amide bonds. The fraction of sp³-hybridized carbons (Fsp3) is 0.471. The van der Waals surface area contributed by atoms with Crippen LogP contribution in [0, 0.1) is 27.7 Å². The predicted molar refractivity (Wildman–Crippen MR) is 93.4 cm³/mol. The van der Waals surface area contributed by atoms with E-state index in [0.29, 0.717) is 12.3 Å². The third kappa shape index (κ3) is 2.73. The first-order valence-corrected chi connectivity index (χ1v) is 8.73. The molecule has 3 heterocycles. The van der Waals surface area contributed by atoms with Crippen LogP contribution in [0.15, 0.2) is 10.7 Å². The summed E-state index contributed by atoms with van der Waals surface area (Å²) in [5.74, 6) is 0.470. The van der Waals surface area contributed by atoms with E-state index in [1.807, 2.05) is 34.7 Å². The first-order valence-electron chi connectivity index (χ1n) is 7.91. The number of amides is 1. The van der Waals surface area contributed by atoms with E-state index in [4.69, 9.17) is 4.52 Å². The van der Waals surface area contributed by atoms with E-state index < -0.39 is 0 Å². The fourth-order valence-corrected chi connectivity index (χ4v) is 4.05. The van der Waals surface area contributed by atoms with Crippen LogP contribution in [0.25, 0.3) is 4.96 Å². The van der Waals surface area contributed by atoms with Crippen molar-refractivity contribution in [2.75, 3.05) is 7.05 Å². The number of fused-ring (bicyclic) bond motifs is 1. The van der Waals surface area contributed by atoms with Gasteiger partial charge in [-0.3, -0.25) is 9.20 Å². The van der Waals surface area contributed by atoms with Gasteiger partial charge in [0.25, 0.3) is 0 Å². The third-order valence-electron chi connectivity index (χ3n) is 4.40. The van der Waals surface area contributed by atoms with Gasteiger partial charge in [0.1, 0.15) is 5.76 Å². The zero-order valence-electron chi connectivity index (χ0n) is 14.9. The molecule has 0 N–H and O–H groups in total. The lowest BCUT2D eigenvalue weighted by Crippen LogP contribution is -2.31. The van der Waals surface area contributed by atoms with E-state index in [1.54, 1.807) is 16.2 Å². The molecule has 1 atom stereocenters. The van der Waals surface area contributed by atoms with Crippen LogP contribution in [-0.4, -0.2) is 32.4 Å². The van der Waals surface area contributed by atoms with Crippen molar-refractivity contribution in [1.82, 2.24) is 19.4 Å². The number of hydrogen-bond donors (Lipinski definition) is 0. The van der Waals surface area contributed by atoms with Crippen molar-refractivity contribution < 1.29 is 9.32 Å². The maximum absolute atomic E-state index is 12.9. The number of hydrogen-bond acceptors (Lipinski definition) is 5. The largest absolute Gasteiger partial charge is 0.361 e. The monoisotopic (exact) mass is 346 g/mol. The lowest BCUT2D eigenvalue weighted by Gasteiger charge is -2.21. The number of thiazole rings is 1. The first-order chi connectivity index (χ1) is 11.3. The number of rotatable bonds is 4. The van der Waals surface area contributed by atoms with Crippen molar-refractivity contribution in [3.05, 3.63) is 39.5 Å². The molecule has 0 spiro atoms. The lowest BCUT2D eigenvalue weighted by molar-refractivity contribution is -0.131. The summed E-state index contributed by atoms with van der Waals surface area (Å²) < 4.78 is 7.28. The molecule has 3 rings (SSSR count). The molecule has 128 valence electrons. The number of nitrogens with zero attached hydrogens (tertiary/aromatic N) is 4. The van der Waals surface area contributed by atoms with Crippen molar-refractivity contribution in [1.29, 1.82) is 0 Å². The Morgan fingerprint density at radius 1 is 1.33 bits per heavy atom. The average molecular weight is 346 g/mol. The van der Waals surface area contributed by atoms with Crippen LogP contribution in [-0.2, 0) is 11.3 Å². The Hall–Kier alpha value is -2.15. The number of carbonyl (C=O) groups excluding carboxylic acids is 1. The summed E-state index contributed by atoms with van der Waals surface area (Å²) in [6.07, 6.45) is 2.07. The summed E-state index contributed by atoms with van der Waals surface area (Å²) in [6, 6.07) is 0. The van der Waals surface area contributed by atoms with Gasteiger partial charge in [-0.1, -0.05) is 5.16 Å². The molecule has 0 radical (unpaired) electrons. The SMILES string of the molecule is Cc1cn2c(CN(C)C(=O)C(C)c3c(C)noc3C)c(C)nc2s1. The van der Waals surface area contributed by atoms with Gasteiger partial charge >= 0.3 is 0 Å². The zero-order chi connectivity index (χ0) is 17.6. The molecule has 0 aliphatic heterocycles. The van der Waals surface area contributed by atoms with E-state index in [-0.39, 0.29) is 11.8 Å². The zero-order valence-corrected chi connectivity index (χ0v) is 15.7. The summed E-state index contributed by atoms with van der Waals surface area (Å²) in [5, 5.41) is 3.95. The Morgan fingerprint density at radius 3 is 2.67 bits per heavy atom. The normalized spacial score (nSPS) is 12.8. The number of aryl methyl sites for hydroxylation is 4. The van der Waals surface area contributed by atoms with E-state index in [9.17, 15) is 4.79 Å². The van der Waals surface area contributed by atoms with Gasteiger partial charge in [0.05, 0.1) is 29.5 Å². The highest BCUT2D eigenvalue weighted by atomic mass is 32.1. The van der Waals surface area contributed by atoms with Gasteiger partial charge in [0.2, 0.25) is 5.91 Å². The highest BCUT2D eigenvalue weighted by Crippen LogP contribution is 2.26. The number of carbonyl (C=O) groups is 1. The maximum atomic E-state index is 12.9. The van der Waals surface area contributed by atoms with Crippen LogP contribution in [0.1, 0.15) is 46.1 Å². The van der Waals surface area contributed by atoms with Crippen LogP contribution >= 0.6 is 11.3 Å². The van der Waals surface area contributed by atoms with Crippen LogP contribution in [0.5, 0.6) is 0 Å². The first kappa shape index (κ1) is 16.7. The minimum atomic E-state index is -0.283. The van der Waals surface area contributed by atoms with E-state index >= 15 is 0 Å². The second-order valence-corrected chi connectivity index (χ2v) is 7.51. The average Bonchev–Trinajstić information content (AvgIpc) is 3.12. The molecular weight excluding hydrogens is 324 g/mol. The summed E-state index contributed by atoms with van der Waals surface area (Å²) in [7, 11) is 1.83. The van der Waals surface area contributed by atoms with Crippen molar-refractivity contribution in [2.45, 2.75) is 47.1 Å². The summed E-state index contributed by atoms with van der Waals surface area (Å²) >= 11 is 1.66. The van der Waals surface area contributed by atoms with Crippen molar-refractivity contribution in [2.24, 2.45) is 0 Å². The van der Waals surface area contributed by atoms with Gasteiger partial charge in [-0.25, -0.2) is 4.98 Å². The molecule has 0 saturated carbocycles. The topological polar surface area (TPSA) is 63.6 Å². The van der Waals surface area contributed by atoms with Crippen molar-refractivity contribution in [3.8, 4) is 0 Å². The van der Waals surface area contributed by atoms with Crippen molar-refractivity contribution >= 4 is 22.2 Å². The molecule has 3 aromatic heterocycles. The Bertz CT molecular complexity index is 886. The molecule has 0 aliphatic rings. The molecule has 1 unspecified atom stereocenters. The molecule has 0 fully saturated rings. The third-order valence-corrected chi connectivity index (χ3v) is 5.29. The predicted octanol–water partition coefficient (Wildman–Crippen LogP) is 3.38. The van der Waals surface area contributed by atoms with Gasteiger partial charge in [-0.2, -0.15) is 0 Å². The van der Waals surface area contributed by atoms with Crippen LogP contribution in [0.3, 0.4) is 0 Å². The maximum Gasteiger partial charge on any atom is 0.230 e. The van der Waals surface area contributed by atoms with E-state index in [2.05, 4.69) is 27.7 Å². The minimum Gasteiger partial charge on any atom is -0.361 e. The minimum absolute atomic E-state index is 0.0469. The second-order valence-electron chi connectivity index (χ2n) is 6.29. The number of likely N-dealkylation sites (N-methyl/N-ethyl adjacent to an activating group) is 1. The Balaban J connectivity index is 1.84. The fourth-order valence-electron chi connectivity index (χ4n) is 3.16. The number of imidazole rings is 1. The van der Waals surface area contributed by atoms with Gasteiger partial charge in [0, 0.05) is 23.7 Å². The van der Waals surface area contributed by atoms with Gasteiger partial charge in [-0.15, -0.1) is 11.3 Å². The molecular formula is C17H22N4O2S. The molecule has 7 heteroatoms. The molecule has 0 saturated heterocycles. The Kier molecular flexibility index (Phi) is 4.21. The smallest absolute Gasteiger partial charge is 0.230 e. The van der Waals surface area contributed by atoms with Gasteiger partial charge in [-0.05, 0) is 34.6 Å². The summed E-state index contributed by atoms with van der Waals surface area (Å²) in [6.45, 7) is 10.2. The highest BCUT2D eigenvalue weighted by molar-refractivity contribution is 7.17. The van der Waals surface area contributed by atoms with Crippen molar-refractivity contribution in [3.63, 3.8) is 0 Å². The van der Waals surface area contributed by atoms with Crippen LogP contribution in [0.2, 0.25) is 0 Å². The van der Waals surface area contributed by atoms with Crippen LogP contribution < -0.4 is 0 Å². The van der Waals surface area contributed by atoms with Gasteiger partial charge < -0.3 is 9.42 Å².